The summed E-state index contributed by atoms with van der Waals surface area (Å²) in [6, 6.07) is 7.41. The van der Waals surface area contributed by atoms with E-state index in [9.17, 15) is 38.4 Å². The highest BCUT2D eigenvalue weighted by Crippen LogP contribution is 2.41. The number of aliphatic hydroxyl groups is 4. The molecule has 0 spiro atoms. The molecule has 0 amide bonds. The maximum absolute atomic E-state index is 14.0. The van der Waals surface area contributed by atoms with Crippen molar-refractivity contribution in [3.05, 3.63) is 52.4 Å². The predicted molar refractivity (Wildman–Crippen MR) is 118 cm³/mol. The minimum Gasteiger partial charge on any atom is -0.486 e. The molecule has 1 saturated heterocycles. The molecule has 1 aromatic heterocycles. The van der Waals surface area contributed by atoms with E-state index in [2.05, 4.69) is 0 Å². The number of aliphatic hydroxyl groups excluding tert-OH is 4. The van der Waals surface area contributed by atoms with Crippen molar-refractivity contribution in [1.29, 1.82) is 0 Å². The van der Waals surface area contributed by atoms with Crippen molar-refractivity contribution in [2.24, 2.45) is 0 Å². The Morgan fingerprint density at radius 2 is 1.68 bits per heavy atom. The largest absolute Gasteiger partial charge is 0.486 e. The van der Waals surface area contributed by atoms with Gasteiger partial charge in [0.2, 0.25) is 17.5 Å². The van der Waals surface area contributed by atoms with Crippen LogP contribution in [0.4, 0.5) is 13.2 Å². The van der Waals surface area contributed by atoms with Crippen LogP contribution in [0.1, 0.15) is 5.76 Å². The zero-order chi connectivity index (χ0) is 26.5. The van der Waals surface area contributed by atoms with Crippen molar-refractivity contribution in [2.45, 2.75) is 36.9 Å². The third-order valence-corrected chi connectivity index (χ3v) is 6.05. The van der Waals surface area contributed by atoms with Crippen LogP contribution in [0.3, 0.4) is 0 Å². The number of rotatable bonds is 4. The Bertz CT molecular complexity index is 1370. The summed E-state index contributed by atoms with van der Waals surface area (Å²) in [5.74, 6) is -1.17. The van der Waals surface area contributed by atoms with Gasteiger partial charge in [-0.1, -0.05) is 6.07 Å². The molecule has 2 aliphatic heterocycles. The number of alkyl halides is 3. The summed E-state index contributed by atoms with van der Waals surface area (Å²) in [5.41, 5.74) is -2.20. The summed E-state index contributed by atoms with van der Waals surface area (Å²) in [7, 11) is 0. The predicted octanol–water partition coefficient (Wildman–Crippen LogP) is 1.43. The van der Waals surface area contributed by atoms with E-state index in [-0.39, 0.29) is 35.7 Å². The van der Waals surface area contributed by atoms with Gasteiger partial charge in [0, 0.05) is 6.07 Å². The first kappa shape index (κ1) is 25.3. The van der Waals surface area contributed by atoms with Gasteiger partial charge in [0.25, 0.3) is 0 Å². The van der Waals surface area contributed by atoms with Gasteiger partial charge in [-0.05, 0) is 29.8 Å². The molecule has 5 rings (SSSR count). The highest BCUT2D eigenvalue weighted by molar-refractivity contribution is 5.84. The number of halogens is 3. The summed E-state index contributed by atoms with van der Waals surface area (Å²) >= 11 is 0. The van der Waals surface area contributed by atoms with E-state index in [1.54, 1.807) is 0 Å². The number of hydrogen-bond donors (Lipinski definition) is 4. The normalized spacial score (nSPS) is 25.8. The lowest BCUT2D eigenvalue weighted by atomic mass is 9.99. The summed E-state index contributed by atoms with van der Waals surface area (Å²) in [6.07, 6.45) is -13.0. The van der Waals surface area contributed by atoms with Crippen molar-refractivity contribution in [3.63, 3.8) is 0 Å². The van der Waals surface area contributed by atoms with Crippen LogP contribution in [0.15, 0.2) is 45.6 Å². The molecule has 0 bridgehead atoms. The van der Waals surface area contributed by atoms with E-state index in [4.69, 9.17) is 23.4 Å². The lowest BCUT2D eigenvalue weighted by Gasteiger charge is -2.39. The third-order valence-electron chi connectivity index (χ3n) is 6.05. The average Bonchev–Trinajstić information content (AvgIpc) is 2.88. The molecule has 0 radical (unpaired) electrons. The van der Waals surface area contributed by atoms with Gasteiger partial charge in [-0.25, -0.2) is 0 Å². The van der Waals surface area contributed by atoms with Crippen LogP contribution >= 0.6 is 0 Å². The molecule has 13 heteroatoms. The fraction of sp³-hybridized carbons (Fsp3) is 0.375. The number of ether oxygens (including phenoxy) is 4. The molecule has 37 heavy (non-hydrogen) atoms. The molecular weight excluding hydrogens is 505 g/mol. The average molecular weight is 526 g/mol. The lowest BCUT2D eigenvalue weighted by molar-refractivity contribution is -0.277. The minimum atomic E-state index is -5.04. The second-order valence-corrected chi connectivity index (χ2v) is 8.46. The molecule has 2 aliphatic rings. The first-order valence-corrected chi connectivity index (χ1v) is 11.1. The van der Waals surface area contributed by atoms with Crippen LogP contribution < -0.4 is 19.6 Å². The Labute approximate surface area is 206 Å². The molecule has 10 nitrogen and oxygen atoms in total. The van der Waals surface area contributed by atoms with Gasteiger partial charge in [-0.15, -0.1) is 0 Å². The van der Waals surface area contributed by atoms with Gasteiger partial charge in [0.1, 0.15) is 49.0 Å². The van der Waals surface area contributed by atoms with Crippen LogP contribution in [-0.2, 0) is 10.9 Å². The van der Waals surface area contributed by atoms with Crippen LogP contribution in [0.2, 0.25) is 0 Å². The molecular formula is C24H21F3O10. The zero-order valence-corrected chi connectivity index (χ0v) is 18.8. The molecule has 5 atom stereocenters. The van der Waals surface area contributed by atoms with Gasteiger partial charge in [0.05, 0.1) is 17.6 Å². The standard InChI is InChI=1S/C24H21F3O10/c25-24(26,27)22-17(10-1-4-13-15(7-10)34-6-5-33-13)18(29)12-3-2-11(8-14(12)36-22)35-23-21(32)20(31)19(30)16(9-28)37-23/h1-4,7-8,16,19-21,23,28,30-32H,5-6,9H2/t16-,19+,20+,21-,23-/m0/s1. The van der Waals surface area contributed by atoms with Gasteiger partial charge >= 0.3 is 6.18 Å². The topological polar surface area (TPSA) is 148 Å². The quantitative estimate of drug-likeness (QED) is 0.394. The van der Waals surface area contributed by atoms with Crippen LogP contribution in [0, 0.1) is 0 Å². The fourth-order valence-corrected chi connectivity index (χ4v) is 4.21. The molecule has 3 aromatic rings. The van der Waals surface area contributed by atoms with E-state index in [0.717, 1.165) is 6.07 Å². The van der Waals surface area contributed by atoms with Crippen LogP contribution in [0.25, 0.3) is 22.1 Å². The summed E-state index contributed by atoms with van der Waals surface area (Å²) in [6.45, 7) is -0.215. The summed E-state index contributed by atoms with van der Waals surface area (Å²) < 4.78 is 68.7. The minimum absolute atomic E-state index is 0.0751. The molecule has 0 aliphatic carbocycles. The first-order chi connectivity index (χ1) is 17.6. The Kier molecular flexibility index (Phi) is 6.50. The molecule has 1 fully saturated rings. The Hall–Kier alpha value is -3.36. The molecule has 198 valence electrons. The van der Waals surface area contributed by atoms with E-state index in [1.807, 2.05) is 0 Å². The smallest absolute Gasteiger partial charge is 0.450 e. The van der Waals surface area contributed by atoms with Crippen LogP contribution in [0.5, 0.6) is 17.2 Å². The Morgan fingerprint density at radius 3 is 2.38 bits per heavy atom. The van der Waals surface area contributed by atoms with Crippen molar-refractivity contribution in [3.8, 4) is 28.4 Å². The van der Waals surface area contributed by atoms with Crippen molar-refractivity contribution >= 4 is 11.0 Å². The van der Waals surface area contributed by atoms with Gasteiger partial charge in [0.15, 0.2) is 11.5 Å². The fourth-order valence-electron chi connectivity index (χ4n) is 4.21. The highest BCUT2D eigenvalue weighted by Gasteiger charge is 2.45. The second kappa shape index (κ2) is 9.50. The molecule has 3 heterocycles. The van der Waals surface area contributed by atoms with E-state index < -0.39 is 65.8 Å². The zero-order valence-electron chi connectivity index (χ0n) is 18.8. The van der Waals surface area contributed by atoms with Crippen molar-refractivity contribution < 1.29 is 57.0 Å². The Morgan fingerprint density at radius 1 is 0.946 bits per heavy atom. The van der Waals surface area contributed by atoms with Crippen molar-refractivity contribution in [2.75, 3.05) is 19.8 Å². The molecule has 0 saturated carbocycles. The second-order valence-electron chi connectivity index (χ2n) is 8.46. The molecule has 0 unspecified atom stereocenters. The lowest BCUT2D eigenvalue weighted by Crippen LogP contribution is -2.60. The number of fused-ring (bicyclic) bond motifs is 2. The van der Waals surface area contributed by atoms with E-state index >= 15 is 0 Å². The maximum Gasteiger partial charge on any atom is 0.450 e. The van der Waals surface area contributed by atoms with E-state index in [0.29, 0.717) is 5.75 Å². The Balaban J connectivity index is 1.56. The summed E-state index contributed by atoms with van der Waals surface area (Å²) in [5, 5.41) is 39.1. The number of benzene rings is 2. The third kappa shape index (κ3) is 4.60. The molecule has 2 aromatic carbocycles. The molecule has 4 N–H and O–H groups in total. The highest BCUT2D eigenvalue weighted by atomic mass is 19.4. The monoisotopic (exact) mass is 526 g/mol. The SMILES string of the molecule is O=c1c(-c2ccc3c(c2)OCCO3)c(C(F)(F)F)oc2cc(O[C@H]3O[C@@H](CO)[C@@H](O)[C@@H](O)[C@@H]3O)ccc12. The number of hydrogen-bond acceptors (Lipinski definition) is 10. The van der Waals surface area contributed by atoms with E-state index in [1.165, 1.54) is 30.3 Å². The van der Waals surface area contributed by atoms with Gasteiger partial charge in [-0.2, -0.15) is 13.2 Å². The van der Waals surface area contributed by atoms with Gasteiger partial charge in [-0.3, -0.25) is 4.79 Å². The van der Waals surface area contributed by atoms with Gasteiger partial charge < -0.3 is 43.8 Å². The summed E-state index contributed by atoms with van der Waals surface area (Å²) in [4.78, 5) is 13.3. The van der Waals surface area contributed by atoms with Crippen LogP contribution in [-0.4, -0.2) is 71.0 Å². The maximum atomic E-state index is 14.0. The first-order valence-electron chi connectivity index (χ1n) is 11.1. The van der Waals surface area contributed by atoms with Crippen molar-refractivity contribution in [1.82, 2.24) is 0 Å².